The monoisotopic (exact) mass is 123 g/mol. The average Bonchev–Trinajstić information content (AvgIpc) is 2.15. The van der Waals surface area contributed by atoms with Gasteiger partial charge in [0.1, 0.15) is 5.69 Å². The second-order valence-corrected chi connectivity index (χ2v) is 1.89. The number of rotatable bonds is 1. The smallest absolute Gasteiger partial charge is 0.108 e. The Bertz CT molecular complexity index is 224. The molecule has 0 N–H and O–H groups in total. The molecule has 0 radical (unpaired) electrons. The summed E-state index contributed by atoms with van der Waals surface area (Å²) >= 11 is 0. The molecule has 0 saturated carbocycles. The standard InChI is InChI=1S/C6H9N3/c1-4-6-5(2)9(3)8-7-6/h4H,1H2,2-3H3. The van der Waals surface area contributed by atoms with Gasteiger partial charge in [-0.3, -0.25) is 4.68 Å². The van der Waals surface area contributed by atoms with Gasteiger partial charge >= 0.3 is 0 Å². The van der Waals surface area contributed by atoms with E-state index < -0.39 is 0 Å². The quantitative estimate of drug-likeness (QED) is 0.552. The van der Waals surface area contributed by atoms with E-state index in [4.69, 9.17) is 0 Å². The van der Waals surface area contributed by atoms with Crippen LogP contribution in [0.1, 0.15) is 11.4 Å². The van der Waals surface area contributed by atoms with Crippen LogP contribution in [0.4, 0.5) is 0 Å². The van der Waals surface area contributed by atoms with Crippen LogP contribution in [0, 0.1) is 6.92 Å². The van der Waals surface area contributed by atoms with E-state index in [-0.39, 0.29) is 0 Å². The molecule has 48 valence electrons. The predicted octanol–water partition coefficient (Wildman–Crippen LogP) is 0.767. The molecule has 0 aliphatic carbocycles. The lowest BCUT2D eigenvalue weighted by Crippen LogP contribution is -1.92. The fraction of sp³-hybridized carbons (Fsp3) is 0.333. The third-order valence-corrected chi connectivity index (χ3v) is 1.34. The Kier molecular flexibility index (Phi) is 1.34. The Hall–Kier alpha value is -1.12. The highest BCUT2D eigenvalue weighted by Crippen LogP contribution is 2.01. The van der Waals surface area contributed by atoms with Crippen molar-refractivity contribution in [2.45, 2.75) is 6.92 Å². The fourth-order valence-electron chi connectivity index (χ4n) is 0.609. The second kappa shape index (κ2) is 2.01. The lowest BCUT2D eigenvalue weighted by atomic mass is 10.3. The van der Waals surface area contributed by atoms with Gasteiger partial charge in [-0.15, -0.1) is 5.10 Å². The van der Waals surface area contributed by atoms with E-state index in [0.29, 0.717) is 0 Å². The normalized spacial score (nSPS) is 9.56. The van der Waals surface area contributed by atoms with Crippen LogP contribution in [0.5, 0.6) is 0 Å². The molecule has 0 aliphatic heterocycles. The molecule has 0 atom stereocenters. The van der Waals surface area contributed by atoms with E-state index in [0.717, 1.165) is 11.4 Å². The Morgan fingerprint density at radius 3 is 2.56 bits per heavy atom. The lowest BCUT2D eigenvalue weighted by Gasteiger charge is -1.88. The summed E-state index contributed by atoms with van der Waals surface area (Å²) in [5.41, 5.74) is 1.91. The van der Waals surface area contributed by atoms with Crippen LogP contribution in [0.2, 0.25) is 0 Å². The van der Waals surface area contributed by atoms with Crippen LogP contribution in [0.3, 0.4) is 0 Å². The number of hydrogen-bond donors (Lipinski definition) is 0. The highest BCUT2D eigenvalue weighted by Gasteiger charge is 1.98. The molecule has 0 fully saturated rings. The van der Waals surface area contributed by atoms with Crippen LogP contribution < -0.4 is 0 Å². The van der Waals surface area contributed by atoms with Crippen molar-refractivity contribution in [1.29, 1.82) is 0 Å². The summed E-state index contributed by atoms with van der Waals surface area (Å²) in [6, 6.07) is 0. The molecular formula is C6H9N3. The summed E-state index contributed by atoms with van der Waals surface area (Å²) in [5.74, 6) is 0. The highest BCUT2D eigenvalue weighted by molar-refractivity contribution is 5.43. The molecular weight excluding hydrogens is 114 g/mol. The molecule has 1 heterocycles. The third kappa shape index (κ3) is 0.850. The predicted molar refractivity (Wildman–Crippen MR) is 35.8 cm³/mol. The summed E-state index contributed by atoms with van der Waals surface area (Å²) < 4.78 is 1.72. The maximum Gasteiger partial charge on any atom is 0.108 e. The van der Waals surface area contributed by atoms with Crippen LogP contribution in [0.15, 0.2) is 6.58 Å². The van der Waals surface area contributed by atoms with Gasteiger partial charge in [-0.05, 0) is 13.0 Å². The Balaban J connectivity index is 3.18. The maximum absolute atomic E-state index is 3.83. The van der Waals surface area contributed by atoms with Gasteiger partial charge in [-0.1, -0.05) is 11.8 Å². The van der Waals surface area contributed by atoms with E-state index in [1.165, 1.54) is 0 Å². The maximum atomic E-state index is 3.83. The van der Waals surface area contributed by atoms with Crippen molar-refractivity contribution >= 4 is 6.08 Å². The second-order valence-electron chi connectivity index (χ2n) is 1.89. The van der Waals surface area contributed by atoms with Crippen molar-refractivity contribution in [3.8, 4) is 0 Å². The number of nitrogens with zero attached hydrogens (tertiary/aromatic N) is 3. The minimum absolute atomic E-state index is 0.859. The fourth-order valence-corrected chi connectivity index (χ4v) is 0.609. The Morgan fingerprint density at radius 1 is 1.67 bits per heavy atom. The lowest BCUT2D eigenvalue weighted by molar-refractivity contribution is 0.696. The van der Waals surface area contributed by atoms with Gasteiger partial charge in [-0.25, -0.2) is 0 Å². The molecule has 0 aromatic carbocycles. The molecule has 3 heteroatoms. The van der Waals surface area contributed by atoms with E-state index in [1.54, 1.807) is 10.8 Å². The number of aromatic nitrogens is 3. The Labute approximate surface area is 54.0 Å². The minimum Gasteiger partial charge on any atom is -0.252 e. The van der Waals surface area contributed by atoms with Crippen molar-refractivity contribution < 1.29 is 0 Å². The molecule has 0 bridgehead atoms. The molecule has 9 heavy (non-hydrogen) atoms. The van der Waals surface area contributed by atoms with Crippen LogP contribution >= 0.6 is 0 Å². The summed E-state index contributed by atoms with van der Waals surface area (Å²) in [7, 11) is 1.86. The number of hydrogen-bond acceptors (Lipinski definition) is 2. The summed E-state index contributed by atoms with van der Waals surface area (Å²) in [5, 5.41) is 7.61. The van der Waals surface area contributed by atoms with Crippen molar-refractivity contribution in [2.24, 2.45) is 7.05 Å². The molecule has 0 aliphatic rings. The molecule has 1 aromatic heterocycles. The highest BCUT2D eigenvalue weighted by atomic mass is 15.4. The van der Waals surface area contributed by atoms with E-state index in [2.05, 4.69) is 16.9 Å². The van der Waals surface area contributed by atoms with Crippen molar-refractivity contribution in [3.63, 3.8) is 0 Å². The van der Waals surface area contributed by atoms with Gasteiger partial charge in [0.05, 0.1) is 5.69 Å². The summed E-state index contributed by atoms with van der Waals surface area (Å²) in [6.07, 6.45) is 1.70. The van der Waals surface area contributed by atoms with Crippen molar-refractivity contribution in [1.82, 2.24) is 15.0 Å². The first kappa shape index (κ1) is 6.01. The van der Waals surface area contributed by atoms with Crippen LogP contribution in [-0.2, 0) is 7.05 Å². The van der Waals surface area contributed by atoms with Gasteiger partial charge in [0.15, 0.2) is 0 Å². The largest absolute Gasteiger partial charge is 0.252 e. The van der Waals surface area contributed by atoms with E-state index in [9.17, 15) is 0 Å². The van der Waals surface area contributed by atoms with Gasteiger partial charge in [0.2, 0.25) is 0 Å². The minimum atomic E-state index is 0.859. The first-order valence-corrected chi connectivity index (χ1v) is 2.74. The van der Waals surface area contributed by atoms with E-state index >= 15 is 0 Å². The van der Waals surface area contributed by atoms with Gasteiger partial charge in [0, 0.05) is 7.05 Å². The molecule has 0 saturated heterocycles. The summed E-state index contributed by atoms with van der Waals surface area (Å²) in [6.45, 7) is 5.54. The van der Waals surface area contributed by atoms with Gasteiger partial charge < -0.3 is 0 Å². The average molecular weight is 123 g/mol. The number of aryl methyl sites for hydroxylation is 1. The molecule has 0 unspecified atom stereocenters. The third-order valence-electron chi connectivity index (χ3n) is 1.34. The van der Waals surface area contributed by atoms with Crippen molar-refractivity contribution in [3.05, 3.63) is 18.0 Å². The Morgan fingerprint density at radius 2 is 2.33 bits per heavy atom. The zero-order chi connectivity index (χ0) is 6.85. The van der Waals surface area contributed by atoms with Gasteiger partial charge in [-0.2, -0.15) is 0 Å². The zero-order valence-corrected chi connectivity index (χ0v) is 5.63. The molecule has 1 rings (SSSR count). The molecule has 3 nitrogen and oxygen atoms in total. The molecule has 0 amide bonds. The molecule has 0 spiro atoms. The SMILES string of the molecule is C=Cc1nnn(C)c1C. The zero-order valence-electron chi connectivity index (χ0n) is 5.63. The summed E-state index contributed by atoms with van der Waals surface area (Å²) in [4.78, 5) is 0. The van der Waals surface area contributed by atoms with Crippen molar-refractivity contribution in [2.75, 3.05) is 0 Å². The van der Waals surface area contributed by atoms with E-state index in [1.807, 2.05) is 14.0 Å². The van der Waals surface area contributed by atoms with Crippen LogP contribution in [-0.4, -0.2) is 15.0 Å². The topological polar surface area (TPSA) is 30.7 Å². The first-order chi connectivity index (χ1) is 4.25. The van der Waals surface area contributed by atoms with Crippen LogP contribution in [0.25, 0.3) is 6.08 Å². The molecule has 1 aromatic rings. The first-order valence-electron chi connectivity index (χ1n) is 2.74. The van der Waals surface area contributed by atoms with Gasteiger partial charge in [0.25, 0.3) is 0 Å².